The minimum absolute atomic E-state index is 0.210. The van der Waals surface area contributed by atoms with E-state index in [1.165, 1.54) is 0 Å². The highest BCUT2D eigenvalue weighted by Crippen LogP contribution is 2.15. The molecule has 1 rings (SSSR count). The van der Waals surface area contributed by atoms with Gasteiger partial charge in [0.1, 0.15) is 12.4 Å². The molecule has 0 aromatic heterocycles. The molecule has 0 radical (unpaired) electrons. The number of hydrogen-bond acceptors (Lipinski definition) is 3. The summed E-state index contributed by atoms with van der Waals surface area (Å²) in [5, 5.41) is 12.3. The summed E-state index contributed by atoms with van der Waals surface area (Å²) in [7, 11) is 0. The highest BCUT2D eigenvalue weighted by atomic mass is 79.9. The number of aliphatic hydroxyl groups excluding tert-OH is 1. The monoisotopic (exact) mass is 301 g/mol. The third kappa shape index (κ3) is 5.52. The Morgan fingerprint density at radius 2 is 1.94 bits per heavy atom. The standard InChI is InChI=1S/C13H20BrNO2/c1-10(9-16)11(2)15-7-8-17-13-5-3-12(14)4-6-13/h3-6,10-11,15-16H,7-9H2,1-2H3. The third-order valence-corrected chi connectivity index (χ3v) is 3.32. The SMILES string of the molecule is CC(CO)C(C)NCCOc1ccc(Br)cc1. The molecule has 0 spiro atoms. The summed E-state index contributed by atoms with van der Waals surface area (Å²) in [6.45, 7) is 5.71. The van der Waals surface area contributed by atoms with Crippen LogP contribution in [-0.2, 0) is 0 Å². The van der Waals surface area contributed by atoms with Crippen molar-refractivity contribution in [3.05, 3.63) is 28.7 Å². The van der Waals surface area contributed by atoms with Crippen LogP contribution in [0.15, 0.2) is 28.7 Å². The van der Waals surface area contributed by atoms with Crippen LogP contribution in [0.1, 0.15) is 13.8 Å². The molecule has 0 aliphatic heterocycles. The molecule has 0 saturated carbocycles. The van der Waals surface area contributed by atoms with Gasteiger partial charge in [0.2, 0.25) is 0 Å². The molecule has 2 unspecified atom stereocenters. The molecular weight excluding hydrogens is 282 g/mol. The van der Waals surface area contributed by atoms with E-state index in [0.717, 1.165) is 16.8 Å². The van der Waals surface area contributed by atoms with Crippen LogP contribution in [0.2, 0.25) is 0 Å². The fraction of sp³-hybridized carbons (Fsp3) is 0.538. The van der Waals surface area contributed by atoms with Crippen molar-refractivity contribution in [3.8, 4) is 5.75 Å². The zero-order valence-corrected chi connectivity index (χ0v) is 11.9. The quantitative estimate of drug-likeness (QED) is 0.760. The smallest absolute Gasteiger partial charge is 0.119 e. The van der Waals surface area contributed by atoms with Gasteiger partial charge in [0.25, 0.3) is 0 Å². The molecule has 0 fully saturated rings. The molecule has 1 aromatic rings. The van der Waals surface area contributed by atoms with Crippen molar-refractivity contribution in [2.75, 3.05) is 19.8 Å². The van der Waals surface area contributed by atoms with Crippen molar-refractivity contribution < 1.29 is 9.84 Å². The van der Waals surface area contributed by atoms with E-state index in [2.05, 4.69) is 28.2 Å². The normalized spacial score (nSPS) is 14.4. The van der Waals surface area contributed by atoms with Gasteiger partial charge in [-0.05, 0) is 37.1 Å². The molecular formula is C13H20BrNO2. The molecule has 0 amide bonds. The Kier molecular flexibility index (Phi) is 6.55. The maximum absolute atomic E-state index is 8.99. The summed E-state index contributed by atoms with van der Waals surface area (Å²) in [4.78, 5) is 0. The second kappa shape index (κ2) is 7.69. The van der Waals surface area contributed by atoms with Gasteiger partial charge in [-0.3, -0.25) is 0 Å². The van der Waals surface area contributed by atoms with Crippen molar-refractivity contribution >= 4 is 15.9 Å². The number of halogens is 1. The molecule has 3 nitrogen and oxygen atoms in total. The topological polar surface area (TPSA) is 41.5 Å². The van der Waals surface area contributed by atoms with E-state index in [9.17, 15) is 0 Å². The van der Waals surface area contributed by atoms with Crippen LogP contribution in [-0.4, -0.2) is 30.9 Å². The summed E-state index contributed by atoms with van der Waals surface area (Å²) >= 11 is 3.38. The van der Waals surface area contributed by atoms with Gasteiger partial charge in [0, 0.05) is 23.7 Å². The lowest BCUT2D eigenvalue weighted by molar-refractivity contribution is 0.202. The van der Waals surface area contributed by atoms with Gasteiger partial charge in [-0.1, -0.05) is 22.9 Å². The van der Waals surface area contributed by atoms with Gasteiger partial charge in [0.05, 0.1) is 0 Å². The van der Waals surface area contributed by atoms with Gasteiger partial charge < -0.3 is 15.2 Å². The second-order valence-corrected chi connectivity index (χ2v) is 5.12. The largest absolute Gasteiger partial charge is 0.492 e. The summed E-state index contributed by atoms with van der Waals surface area (Å²) in [5.74, 6) is 1.14. The van der Waals surface area contributed by atoms with Crippen LogP contribution in [0, 0.1) is 5.92 Å². The first-order valence-corrected chi connectivity index (χ1v) is 6.65. The van der Waals surface area contributed by atoms with Gasteiger partial charge in [-0.25, -0.2) is 0 Å². The Morgan fingerprint density at radius 1 is 1.29 bits per heavy atom. The van der Waals surface area contributed by atoms with Crippen LogP contribution in [0.3, 0.4) is 0 Å². The second-order valence-electron chi connectivity index (χ2n) is 4.21. The molecule has 2 N–H and O–H groups in total. The zero-order valence-electron chi connectivity index (χ0n) is 10.3. The number of rotatable bonds is 7. The number of hydrogen-bond donors (Lipinski definition) is 2. The Morgan fingerprint density at radius 3 is 2.53 bits per heavy atom. The molecule has 0 saturated heterocycles. The highest BCUT2D eigenvalue weighted by molar-refractivity contribution is 9.10. The van der Waals surface area contributed by atoms with E-state index in [4.69, 9.17) is 9.84 Å². The predicted molar refractivity (Wildman–Crippen MR) is 73.4 cm³/mol. The lowest BCUT2D eigenvalue weighted by Gasteiger charge is -2.19. The van der Waals surface area contributed by atoms with Crippen LogP contribution in [0.25, 0.3) is 0 Å². The van der Waals surface area contributed by atoms with E-state index in [-0.39, 0.29) is 12.5 Å². The average molecular weight is 302 g/mol. The van der Waals surface area contributed by atoms with Crippen LogP contribution < -0.4 is 10.1 Å². The Balaban J connectivity index is 2.18. The number of aliphatic hydroxyl groups is 1. The average Bonchev–Trinajstić information content (AvgIpc) is 2.35. The lowest BCUT2D eigenvalue weighted by Crippen LogP contribution is -2.36. The minimum Gasteiger partial charge on any atom is -0.492 e. The Hall–Kier alpha value is -0.580. The number of ether oxygens (including phenoxy) is 1. The zero-order chi connectivity index (χ0) is 12.7. The first-order chi connectivity index (χ1) is 8.13. The molecule has 17 heavy (non-hydrogen) atoms. The van der Waals surface area contributed by atoms with Crippen molar-refractivity contribution in [1.82, 2.24) is 5.32 Å². The molecule has 4 heteroatoms. The number of benzene rings is 1. The van der Waals surface area contributed by atoms with Crippen molar-refractivity contribution in [3.63, 3.8) is 0 Å². The summed E-state index contributed by atoms with van der Waals surface area (Å²) in [6.07, 6.45) is 0. The first kappa shape index (κ1) is 14.5. The summed E-state index contributed by atoms with van der Waals surface area (Å²) in [5.41, 5.74) is 0. The number of nitrogens with one attached hydrogen (secondary N) is 1. The Bertz CT molecular complexity index is 316. The molecule has 0 bridgehead atoms. The minimum atomic E-state index is 0.210. The van der Waals surface area contributed by atoms with Crippen molar-refractivity contribution in [2.24, 2.45) is 5.92 Å². The van der Waals surface area contributed by atoms with Gasteiger partial charge in [-0.2, -0.15) is 0 Å². The van der Waals surface area contributed by atoms with Crippen molar-refractivity contribution in [2.45, 2.75) is 19.9 Å². The fourth-order valence-electron chi connectivity index (χ4n) is 1.35. The van der Waals surface area contributed by atoms with Gasteiger partial charge in [-0.15, -0.1) is 0 Å². The first-order valence-electron chi connectivity index (χ1n) is 5.86. The maximum atomic E-state index is 8.99. The third-order valence-electron chi connectivity index (χ3n) is 2.79. The molecule has 0 aliphatic carbocycles. The van der Waals surface area contributed by atoms with Crippen LogP contribution >= 0.6 is 15.9 Å². The summed E-state index contributed by atoms with van der Waals surface area (Å²) < 4.78 is 6.63. The molecule has 0 aliphatic rings. The Labute approximate surface area is 111 Å². The lowest BCUT2D eigenvalue weighted by atomic mass is 10.1. The highest BCUT2D eigenvalue weighted by Gasteiger charge is 2.09. The van der Waals surface area contributed by atoms with E-state index < -0.39 is 0 Å². The van der Waals surface area contributed by atoms with Gasteiger partial charge >= 0.3 is 0 Å². The van der Waals surface area contributed by atoms with E-state index >= 15 is 0 Å². The predicted octanol–water partition coefficient (Wildman–Crippen LogP) is 2.43. The van der Waals surface area contributed by atoms with Gasteiger partial charge in [0.15, 0.2) is 0 Å². The summed E-state index contributed by atoms with van der Waals surface area (Å²) in [6, 6.07) is 8.08. The molecule has 2 atom stereocenters. The van der Waals surface area contributed by atoms with E-state index in [1.54, 1.807) is 0 Å². The van der Waals surface area contributed by atoms with E-state index in [0.29, 0.717) is 12.6 Å². The molecule has 96 valence electrons. The maximum Gasteiger partial charge on any atom is 0.119 e. The van der Waals surface area contributed by atoms with Crippen molar-refractivity contribution in [1.29, 1.82) is 0 Å². The molecule has 1 aromatic carbocycles. The fourth-order valence-corrected chi connectivity index (χ4v) is 1.61. The van der Waals surface area contributed by atoms with E-state index in [1.807, 2.05) is 31.2 Å². The van der Waals surface area contributed by atoms with Crippen LogP contribution in [0.5, 0.6) is 5.75 Å². The van der Waals surface area contributed by atoms with Crippen LogP contribution in [0.4, 0.5) is 0 Å². The molecule has 0 heterocycles.